The van der Waals surface area contributed by atoms with Crippen molar-refractivity contribution in [2.75, 3.05) is 20.2 Å². The second kappa shape index (κ2) is 7.60. The smallest absolute Gasteiger partial charge is 0.338 e. The average molecular weight is 284 g/mol. The summed E-state index contributed by atoms with van der Waals surface area (Å²) in [5.74, 6) is -0.248. The highest BCUT2D eigenvalue weighted by Crippen LogP contribution is 2.04. The van der Waals surface area contributed by atoms with Crippen molar-refractivity contribution in [2.24, 2.45) is 0 Å². The lowest BCUT2D eigenvalue weighted by Crippen LogP contribution is -3.08. The Balaban J connectivity index is 1.73. The SMILES string of the molecule is Cc1ccc(C(=O)OCC[NH+](C)Cc2ccccc2)cc1. The highest BCUT2D eigenvalue weighted by Gasteiger charge is 2.08. The first-order chi connectivity index (χ1) is 10.1. The largest absolute Gasteiger partial charge is 0.456 e. The van der Waals surface area contributed by atoms with Crippen molar-refractivity contribution in [1.82, 2.24) is 0 Å². The van der Waals surface area contributed by atoms with E-state index in [1.165, 1.54) is 10.5 Å². The van der Waals surface area contributed by atoms with Crippen LogP contribution in [-0.2, 0) is 11.3 Å². The summed E-state index contributed by atoms with van der Waals surface area (Å²) in [7, 11) is 2.10. The first-order valence-corrected chi connectivity index (χ1v) is 7.24. The Labute approximate surface area is 126 Å². The van der Waals surface area contributed by atoms with Crippen molar-refractivity contribution in [1.29, 1.82) is 0 Å². The standard InChI is InChI=1S/C18H21NO2/c1-15-8-10-17(11-9-15)18(20)21-13-12-19(2)14-16-6-4-3-5-7-16/h3-11H,12-14H2,1-2H3/p+1. The summed E-state index contributed by atoms with van der Waals surface area (Å²) in [5.41, 5.74) is 3.04. The van der Waals surface area contributed by atoms with Crippen LogP contribution in [0.1, 0.15) is 21.5 Å². The maximum Gasteiger partial charge on any atom is 0.338 e. The summed E-state index contributed by atoms with van der Waals surface area (Å²) in [5, 5.41) is 0. The quantitative estimate of drug-likeness (QED) is 0.821. The number of ether oxygens (including phenoxy) is 1. The number of rotatable bonds is 6. The van der Waals surface area contributed by atoms with Crippen LogP contribution in [0.15, 0.2) is 54.6 Å². The van der Waals surface area contributed by atoms with Crippen molar-refractivity contribution in [3.63, 3.8) is 0 Å². The number of quaternary nitrogens is 1. The van der Waals surface area contributed by atoms with Gasteiger partial charge in [0.15, 0.2) is 0 Å². The third-order valence-electron chi connectivity index (χ3n) is 3.40. The zero-order valence-corrected chi connectivity index (χ0v) is 12.6. The molecule has 0 aliphatic rings. The van der Waals surface area contributed by atoms with Crippen molar-refractivity contribution >= 4 is 5.97 Å². The third-order valence-corrected chi connectivity index (χ3v) is 3.40. The van der Waals surface area contributed by atoms with Gasteiger partial charge >= 0.3 is 5.97 Å². The fourth-order valence-electron chi connectivity index (χ4n) is 2.12. The molecule has 1 atom stereocenters. The molecule has 1 N–H and O–H groups in total. The third kappa shape index (κ3) is 5.04. The minimum absolute atomic E-state index is 0.248. The summed E-state index contributed by atoms with van der Waals surface area (Å²) >= 11 is 0. The number of aryl methyl sites for hydroxylation is 1. The lowest BCUT2D eigenvalue weighted by Gasteiger charge is -2.14. The zero-order valence-electron chi connectivity index (χ0n) is 12.6. The molecule has 0 radical (unpaired) electrons. The summed E-state index contributed by atoms with van der Waals surface area (Å²) < 4.78 is 5.32. The second-order valence-electron chi connectivity index (χ2n) is 5.37. The number of nitrogens with one attached hydrogen (secondary N) is 1. The van der Waals surface area contributed by atoms with Crippen molar-refractivity contribution in [3.05, 3.63) is 71.3 Å². The minimum Gasteiger partial charge on any atom is -0.456 e. The van der Waals surface area contributed by atoms with Gasteiger partial charge in [-0.15, -0.1) is 0 Å². The van der Waals surface area contributed by atoms with Gasteiger partial charge in [-0.3, -0.25) is 0 Å². The second-order valence-corrected chi connectivity index (χ2v) is 5.37. The average Bonchev–Trinajstić information content (AvgIpc) is 2.49. The fourth-order valence-corrected chi connectivity index (χ4v) is 2.12. The summed E-state index contributed by atoms with van der Waals surface area (Å²) in [6.07, 6.45) is 0. The molecule has 0 spiro atoms. The van der Waals surface area contributed by atoms with E-state index in [2.05, 4.69) is 19.2 Å². The molecular formula is C18H22NO2+. The molecule has 0 bridgehead atoms. The first kappa shape index (κ1) is 15.3. The number of esters is 1. The molecule has 21 heavy (non-hydrogen) atoms. The van der Waals surface area contributed by atoms with Gasteiger partial charge in [-0.2, -0.15) is 0 Å². The Kier molecular flexibility index (Phi) is 5.52. The summed E-state index contributed by atoms with van der Waals surface area (Å²) in [4.78, 5) is 13.2. The van der Waals surface area contributed by atoms with Crippen LogP contribution < -0.4 is 4.90 Å². The van der Waals surface area contributed by atoms with E-state index in [0.717, 1.165) is 18.7 Å². The molecular weight excluding hydrogens is 262 g/mol. The molecule has 0 aliphatic carbocycles. The van der Waals surface area contributed by atoms with E-state index in [1.807, 2.05) is 37.3 Å². The Morgan fingerprint density at radius 3 is 2.38 bits per heavy atom. The van der Waals surface area contributed by atoms with E-state index in [9.17, 15) is 4.79 Å². The number of benzene rings is 2. The molecule has 0 saturated carbocycles. The van der Waals surface area contributed by atoms with Gasteiger partial charge in [-0.05, 0) is 19.1 Å². The summed E-state index contributed by atoms with van der Waals surface area (Å²) in [6, 6.07) is 17.8. The Bertz CT molecular complexity index is 564. The van der Waals surface area contributed by atoms with Crippen LogP contribution in [-0.4, -0.2) is 26.2 Å². The summed E-state index contributed by atoms with van der Waals surface area (Å²) in [6.45, 7) is 4.16. The van der Waals surface area contributed by atoms with E-state index in [4.69, 9.17) is 4.74 Å². The topological polar surface area (TPSA) is 30.7 Å². The highest BCUT2D eigenvalue weighted by molar-refractivity contribution is 5.89. The number of carbonyl (C=O) groups excluding carboxylic acids is 1. The van der Waals surface area contributed by atoms with Crippen LogP contribution in [0.4, 0.5) is 0 Å². The maximum absolute atomic E-state index is 11.9. The molecule has 2 aromatic carbocycles. The Morgan fingerprint density at radius 2 is 1.71 bits per heavy atom. The van der Waals surface area contributed by atoms with Gasteiger partial charge in [0.2, 0.25) is 0 Å². The van der Waals surface area contributed by atoms with Gasteiger partial charge in [-0.25, -0.2) is 4.79 Å². The Morgan fingerprint density at radius 1 is 1.05 bits per heavy atom. The van der Waals surface area contributed by atoms with Crippen LogP contribution in [0, 0.1) is 6.92 Å². The monoisotopic (exact) mass is 284 g/mol. The van der Waals surface area contributed by atoms with E-state index in [-0.39, 0.29) is 5.97 Å². The molecule has 0 fully saturated rings. The van der Waals surface area contributed by atoms with E-state index < -0.39 is 0 Å². The predicted octanol–water partition coefficient (Wildman–Crippen LogP) is 1.87. The lowest BCUT2D eigenvalue weighted by atomic mass is 10.1. The number of hydrogen-bond acceptors (Lipinski definition) is 2. The molecule has 2 aromatic rings. The molecule has 3 heteroatoms. The van der Waals surface area contributed by atoms with Gasteiger partial charge in [-0.1, -0.05) is 48.0 Å². The van der Waals surface area contributed by atoms with Crippen LogP contribution in [0.3, 0.4) is 0 Å². The molecule has 0 amide bonds. The van der Waals surface area contributed by atoms with Crippen molar-refractivity contribution < 1.29 is 14.4 Å². The molecule has 0 heterocycles. The van der Waals surface area contributed by atoms with Gasteiger partial charge < -0.3 is 9.64 Å². The Hall–Kier alpha value is -2.13. The van der Waals surface area contributed by atoms with Crippen LogP contribution in [0.2, 0.25) is 0 Å². The molecule has 0 saturated heterocycles. The zero-order chi connectivity index (χ0) is 15.1. The number of carbonyl (C=O) groups is 1. The van der Waals surface area contributed by atoms with E-state index in [1.54, 1.807) is 12.1 Å². The van der Waals surface area contributed by atoms with Gasteiger partial charge in [0.1, 0.15) is 19.7 Å². The molecule has 2 rings (SSSR count). The molecule has 110 valence electrons. The molecule has 1 unspecified atom stereocenters. The fraction of sp³-hybridized carbons (Fsp3) is 0.278. The minimum atomic E-state index is -0.248. The van der Waals surface area contributed by atoms with Crippen LogP contribution in [0.25, 0.3) is 0 Å². The van der Waals surface area contributed by atoms with Gasteiger partial charge in [0, 0.05) is 5.56 Å². The molecule has 0 aromatic heterocycles. The van der Waals surface area contributed by atoms with E-state index >= 15 is 0 Å². The maximum atomic E-state index is 11.9. The number of hydrogen-bond donors (Lipinski definition) is 1. The number of likely N-dealkylation sites (N-methyl/N-ethyl adjacent to an activating group) is 1. The molecule has 3 nitrogen and oxygen atoms in total. The van der Waals surface area contributed by atoms with Crippen molar-refractivity contribution in [2.45, 2.75) is 13.5 Å². The normalized spacial score (nSPS) is 11.9. The first-order valence-electron chi connectivity index (χ1n) is 7.24. The van der Waals surface area contributed by atoms with E-state index in [0.29, 0.717) is 12.2 Å². The lowest BCUT2D eigenvalue weighted by molar-refractivity contribution is -0.893. The van der Waals surface area contributed by atoms with Gasteiger partial charge in [0.25, 0.3) is 0 Å². The van der Waals surface area contributed by atoms with Gasteiger partial charge in [0.05, 0.1) is 12.6 Å². The van der Waals surface area contributed by atoms with Crippen molar-refractivity contribution in [3.8, 4) is 0 Å². The highest BCUT2D eigenvalue weighted by atomic mass is 16.5. The van der Waals surface area contributed by atoms with Crippen LogP contribution in [0.5, 0.6) is 0 Å². The predicted molar refractivity (Wildman–Crippen MR) is 83.4 cm³/mol. The van der Waals surface area contributed by atoms with Crippen LogP contribution >= 0.6 is 0 Å². The molecule has 0 aliphatic heterocycles.